The van der Waals surface area contributed by atoms with Crippen molar-refractivity contribution in [2.75, 3.05) is 13.6 Å². The van der Waals surface area contributed by atoms with Gasteiger partial charge >= 0.3 is 0 Å². The molecule has 0 aliphatic carbocycles. The summed E-state index contributed by atoms with van der Waals surface area (Å²) in [6, 6.07) is 8.22. The van der Waals surface area contributed by atoms with Crippen molar-refractivity contribution >= 4 is 17.5 Å². The van der Waals surface area contributed by atoms with Gasteiger partial charge in [0.05, 0.1) is 6.04 Å². The molecule has 2 rings (SSSR count). The minimum atomic E-state index is 0.0740. The van der Waals surface area contributed by atoms with Crippen molar-refractivity contribution in [1.29, 1.82) is 0 Å². The van der Waals surface area contributed by atoms with Crippen molar-refractivity contribution in [3.63, 3.8) is 0 Å². The molecule has 1 aliphatic heterocycles. The Morgan fingerprint density at radius 3 is 2.65 bits per heavy atom. The average Bonchev–Trinajstić information content (AvgIpc) is 2.46. The largest absolute Gasteiger partial charge is 0.339 e. The molecule has 1 amide bonds. The molecule has 1 N–H and O–H groups in total. The van der Waals surface area contributed by atoms with Crippen LogP contribution in [0.4, 0.5) is 0 Å². The van der Waals surface area contributed by atoms with Crippen LogP contribution in [0.3, 0.4) is 0 Å². The topological polar surface area (TPSA) is 32.3 Å². The van der Waals surface area contributed by atoms with Gasteiger partial charge in [0, 0.05) is 24.0 Å². The average molecular weight is 295 g/mol. The molecule has 3 nitrogen and oxygen atoms in total. The molecule has 0 spiro atoms. The van der Waals surface area contributed by atoms with Crippen molar-refractivity contribution in [2.24, 2.45) is 5.92 Å². The summed E-state index contributed by atoms with van der Waals surface area (Å²) in [6.45, 7) is 5.13. The van der Waals surface area contributed by atoms with Crippen molar-refractivity contribution in [1.82, 2.24) is 10.2 Å². The molecule has 1 heterocycles. The van der Waals surface area contributed by atoms with E-state index in [0.717, 1.165) is 30.0 Å². The molecule has 0 saturated carbocycles. The molecular formula is C16H23ClN2O. The van der Waals surface area contributed by atoms with Gasteiger partial charge in [0.15, 0.2) is 0 Å². The molecular weight excluding hydrogens is 272 g/mol. The number of halogens is 1. The molecule has 0 aromatic heterocycles. The van der Waals surface area contributed by atoms with Crippen LogP contribution in [-0.2, 0) is 4.79 Å². The van der Waals surface area contributed by atoms with Crippen LogP contribution in [0.15, 0.2) is 24.3 Å². The number of hydrogen-bond donors (Lipinski definition) is 1. The Bertz CT molecular complexity index is 460. The van der Waals surface area contributed by atoms with Gasteiger partial charge in [-0.3, -0.25) is 4.79 Å². The monoisotopic (exact) mass is 294 g/mol. The number of carbonyl (C=O) groups is 1. The van der Waals surface area contributed by atoms with Crippen molar-refractivity contribution in [3.8, 4) is 0 Å². The van der Waals surface area contributed by atoms with Crippen molar-refractivity contribution in [3.05, 3.63) is 34.9 Å². The standard InChI is InChI=1S/C16H23ClN2O/c1-11-10-14(8-9-18-11)16(20)19(3)12(2)13-4-6-15(17)7-5-13/h4-7,11-12,14,18H,8-10H2,1-3H3. The first kappa shape index (κ1) is 15.3. The maximum Gasteiger partial charge on any atom is 0.226 e. The highest BCUT2D eigenvalue weighted by Crippen LogP contribution is 2.25. The van der Waals surface area contributed by atoms with Crippen molar-refractivity contribution in [2.45, 2.75) is 38.8 Å². The summed E-state index contributed by atoms with van der Waals surface area (Å²) in [5.41, 5.74) is 1.12. The Labute approximate surface area is 126 Å². The van der Waals surface area contributed by atoms with E-state index in [-0.39, 0.29) is 17.9 Å². The minimum absolute atomic E-state index is 0.0740. The molecule has 1 aromatic rings. The number of nitrogens with zero attached hydrogens (tertiary/aromatic N) is 1. The zero-order chi connectivity index (χ0) is 14.7. The lowest BCUT2D eigenvalue weighted by molar-refractivity contribution is -0.137. The summed E-state index contributed by atoms with van der Waals surface area (Å²) >= 11 is 5.91. The first-order valence-corrected chi connectivity index (χ1v) is 7.62. The van der Waals surface area contributed by atoms with Gasteiger partial charge < -0.3 is 10.2 Å². The summed E-state index contributed by atoms with van der Waals surface area (Å²) in [4.78, 5) is 14.5. The van der Waals surface area contributed by atoms with Gasteiger partial charge in [-0.05, 0) is 50.9 Å². The van der Waals surface area contributed by atoms with E-state index in [1.807, 2.05) is 36.2 Å². The predicted molar refractivity (Wildman–Crippen MR) is 82.8 cm³/mol. The molecule has 3 atom stereocenters. The highest BCUT2D eigenvalue weighted by molar-refractivity contribution is 6.30. The second kappa shape index (κ2) is 6.59. The number of carbonyl (C=O) groups excluding carboxylic acids is 1. The fourth-order valence-electron chi connectivity index (χ4n) is 2.80. The number of rotatable bonds is 3. The predicted octanol–water partition coefficient (Wildman–Crippen LogP) is 3.25. The van der Waals surface area contributed by atoms with Crippen LogP contribution in [0.2, 0.25) is 5.02 Å². The highest BCUT2D eigenvalue weighted by atomic mass is 35.5. The van der Waals surface area contributed by atoms with Crippen molar-refractivity contribution < 1.29 is 4.79 Å². The number of amides is 1. The van der Waals surface area contributed by atoms with Gasteiger partial charge in [-0.1, -0.05) is 23.7 Å². The lowest BCUT2D eigenvalue weighted by atomic mass is 9.91. The Kier molecular flexibility index (Phi) is 5.06. The number of nitrogens with one attached hydrogen (secondary N) is 1. The first-order valence-electron chi connectivity index (χ1n) is 7.24. The molecule has 0 bridgehead atoms. The zero-order valence-electron chi connectivity index (χ0n) is 12.4. The Morgan fingerprint density at radius 2 is 2.05 bits per heavy atom. The van der Waals surface area contributed by atoms with Gasteiger partial charge in [-0.25, -0.2) is 0 Å². The van der Waals surface area contributed by atoms with E-state index >= 15 is 0 Å². The third kappa shape index (κ3) is 3.53. The van der Waals surface area contributed by atoms with Gasteiger partial charge in [-0.15, -0.1) is 0 Å². The molecule has 0 radical (unpaired) electrons. The quantitative estimate of drug-likeness (QED) is 0.928. The van der Waals surface area contributed by atoms with Crippen LogP contribution in [0, 0.1) is 5.92 Å². The number of piperidine rings is 1. The Hall–Kier alpha value is -1.06. The summed E-state index contributed by atoms with van der Waals surface area (Å²) < 4.78 is 0. The van der Waals surface area contributed by atoms with Gasteiger partial charge in [0.1, 0.15) is 0 Å². The van der Waals surface area contributed by atoms with Crippen LogP contribution < -0.4 is 5.32 Å². The third-order valence-corrected chi connectivity index (χ3v) is 4.51. The Morgan fingerprint density at radius 1 is 1.40 bits per heavy atom. The Balaban J connectivity index is 2.03. The minimum Gasteiger partial charge on any atom is -0.339 e. The van der Waals surface area contributed by atoms with Crippen LogP contribution in [0.1, 0.15) is 38.3 Å². The molecule has 110 valence electrons. The highest BCUT2D eigenvalue weighted by Gasteiger charge is 2.29. The van der Waals surface area contributed by atoms with E-state index in [1.54, 1.807) is 0 Å². The normalized spacial score (nSPS) is 24.2. The van der Waals surface area contributed by atoms with Crippen LogP contribution in [0.25, 0.3) is 0 Å². The van der Waals surface area contributed by atoms with Crippen LogP contribution >= 0.6 is 11.6 Å². The van der Waals surface area contributed by atoms with Crippen LogP contribution in [-0.4, -0.2) is 30.4 Å². The molecule has 1 saturated heterocycles. The van der Waals surface area contributed by atoms with Gasteiger partial charge in [0.2, 0.25) is 5.91 Å². The van der Waals surface area contributed by atoms with E-state index in [1.165, 1.54) is 0 Å². The summed E-state index contributed by atoms with van der Waals surface area (Å²) in [6.07, 6.45) is 1.86. The summed E-state index contributed by atoms with van der Waals surface area (Å²) in [5.74, 6) is 0.395. The van der Waals surface area contributed by atoms with Gasteiger partial charge in [0.25, 0.3) is 0 Å². The lowest BCUT2D eigenvalue weighted by Crippen LogP contribution is -2.43. The second-order valence-corrected chi connectivity index (χ2v) is 6.19. The second-order valence-electron chi connectivity index (χ2n) is 5.75. The van der Waals surface area contributed by atoms with E-state index in [4.69, 9.17) is 11.6 Å². The smallest absolute Gasteiger partial charge is 0.226 e. The van der Waals surface area contributed by atoms with E-state index in [9.17, 15) is 4.79 Å². The third-order valence-electron chi connectivity index (χ3n) is 4.25. The lowest BCUT2D eigenvalue weighted by Gasteiger charge is -2.33. The molecule has 1 fully saturated rings. The van der Waals surface area contributed by atoms with E-state index in [2.05, 4.69) is 19.2 Å². The molecule has 1 aliphatic rings. The first-order chi connectivity index (χ1) is 9.49. The maximum atomic E-state index is 12.6. The van der Waals surface area contributed by atoms with Gasteiger partial charge in [-0.2, -0.15) is 0 Å². The molecule has 3 unspecified atom stereocenters. The fourth-order valence-corrected chi connectivity index (χ4v) is 2.93. The van der Waals surface area contributed by atoms with Crippen LogP contribution in [0.5, 0.6) is 0 Å². The molecule has 1 aromatic carbocycles. The fraction of sp³-hybridized carbons (Fsp3) is 0.562. The maximum absolute atomic E-state index is 12.6. The number of hydrogen-bond acceptors (Lipinski definition) is 2. The summed E-state index contributed by atoms with van der Waals surface area (Å²) in [7, 11) is 1.90. The SMILES string of the molecule is CC1CC(C(=O)N(C)C(C)c2ccc(Cl)cc2)CCN1. The molecule has 20 heavy (non-hydrogen) atoms. The zero-order valence-corrected chi connectivity index (χ0v) is 13.2. The van der Waals surface area contributed by atoms with E-state index < -0.39 is 0 Å². The molecule has 4 heteroatoms. The van der Waals surface area contributed by atoms with E-state index in [0.29, 0.717) is 6.04 Å². The summed E-state index contributed by atoms with van der Waals surface area (Å²) in [5, 5.41) is 4.11. The number of benzene rings is 1.